The van der Waals surface area contributed by atoms with Crippen molar-refractivity contribution < 1.29 is 4.79 Å². The Morgan fingerprint density at radius 2 is 2.05 bits per heavy atom. The molecule has 0 aliphatic carbocycles. The molecule has 1 unspecified atom stereocenters. The highest BCUT2D eigenvalue weighted by atomic mass is 16.1. The molecule has 112 valence electrons. The van der Waals surface area contributed by atoms with Gasteiger partial charge >= 0.3 is 0 Å². The molecular weight excluding hydrogens is 264 g/mol. The van der Waals surface area contributed by atoms with E-state index < -0.39 is 0 Å². The van der Waals surface area contributed by atoms with E-state index in [0.29, 0.717) is 19.5 Å². The van der Waals surface area contributed by atoms with E-state index in [1.165, 1.54) is 0 Å². The summed E-state index contributed by atoms with van der Waals surface area (Å²) >= 11 is 0. The molecular formula is C16H22N4O. The van der Waals surface area contributed by atoms with Crippen LogP contribution < -0.4 is 10.6 Å². The van der Waals surface area contributed by atoms with Gasteiger partial charge in [0, 0.05) is 25.6 Å². The number of para-hydroxylation sites is 2. The predicted octanol–water partition coefficient (Wildman–Crippen LogP) is 2.02. The lowest BCUT2D eigenvalue weighted by Gasteiger charge is -2.11. The van der Waals surface area contributed by atoms with Crippen molar-refractivity contribution in [1.29, 1.82) is 0 Å². The molecule has 1 heterocycles. The first-order chi connectivity index (χ1) is 10.2. The van der Waals surface area contributed by atoms with Crippen molar-refractivity contribution in [3.63, 3.8) is 0 Å². The van der Waals surface area contributed by atoms with Crippen LogP contribution in [0.4, 0.5) is 0 Å². The van der Waals surface area contributed by atoms with Crippen LogP contribution in [0.3, 0.4) is 0 Å². The molecule has 5 nitrogen and oxygen atoms in total. The zero-order chi connectivity index (χ0) is 15.1. The van der Waals surface area contributed by atoms with Crippen LogP contribution in [0.2, 0.25) is 0 Å². The van der Waals surface area contributed by atoms with Gasteiger partial charge in [0.25, 0.3) is 0 Å². The van der Waals surface area contributed by atoms with Crippen molar-refractivity contribution in [3.05, 3.63) is 36.2 Å². The molecule has 2 aromatic rings. The van der Waals surface area contributed by atoms with Crippen LogP contribution in [-0.2, 0) is 11.3 Å². The second-order valence-corrected chi connectivity index (χ2v) is 5.15. The molecule has 0 radical (unpaired) electrons. The summed E-state index contributed by atoms with van der Waals surface area (Å²) in [5.74, 6) is 0.0847. The van der Waals surface area contributed by atoms with Crippen molar-refractivity contribution in [2.45, 2.75) is 39.3 Å². The minimum Gasteiger partial charge on any atom is -0.354 e. The number of fused-ring (bicyclic) bond motifs is 1. The maximum Gasteiger partial charge on any atom is 0.221 e. The van der Waals surface area contributed by atoms with Crippen molar-refractivity contribution in [1.82, 2.24) is 20.6 Å². The molecule has 0 fully saturated rings. The summed E-state index contributed by atoms with van der Waals surface area (Å²) in [5.41, 5.74) is 2.68. The number of hydrogen-bond donors (Lipinski definition) is 2. The summed E-state index contributed by atoms with van der Waals surface area (Å²) in [4.78, 5) is 20.5. The molecule has 2 rings (SSSR count). The Balaban J connectivity index is 1.76. The molecule has 1 aromatic carbocycles. The van der Waals surface area contributed by atoms with Gasteiger partial charge in [-0.15, -0.1) is 0 Å². The number of benzene rings is 1. The SMILES string of the molecule is CCC(C)NC(=O)CCNCc1cnc2ccccc2n1. The van der Waals surface area contributed by atoms with E-state index in [0.717, 1.165) is 23.1 Å². The summed E-state index contributed by atoms with van der Waals surface area (Å²) in [6.45, 7) is 5.32. The Labute approximate surface area is 125 Å². The highest BCUT2D eigenvalue weighted by Crippen LogP contribution is 2.08. The Morgan fingerprint density at radius 1 is 1.29 bits per heavy atom. The molecule has 5 heteroatoms. The van der Waals surface area contributed by atoms with Crippen LogP contribution in [-0.4, -0.2) is 28.5 Å². The smallest absolute Gasteiger partial charge is 0.221 e. The molecule has 1 atom stereocenters. The number of carbonyl (C=O) groups excluding carboxylic acids is 1. The monoisotopic (exact) mass is 286 g/mol. The van der Waals surface area contributed by atoms with Crippen LogP contribution in [0.15, 0.2) is 30.5 Å². The fraction of sp³-hybridized carbons (Fsp3) is 0.438. The Bertz CT molecular complexity index is 600. The van der Waals surface area contributed by atoms with Gasteiger partial charge < -0.3 is 10.6 Å². The lowest BCUT2D eigenvalue weighted by molar-refractivity contribution is -0.121. The average Bonchev–Trinajstić information content (AvgIpc) is 2.51. The minimum absolute atomic E-state index is 0.0847. The molecule has 0 bridgehead atoms. The largest absolute Gasteiger partial charge is 0.354 e. The van der Waals surface area contributed by atoms with Gasteiger partial charge in [0.2, 0.25) is 5.91 Å². The van der Waals surface area contributed by atoms with Crippen molar-refractivity contribution in [2.75, 3.05) is 6.54 Å². The number of hydrogen-bond acceptors (Lipinski definition) is 4. The lowest BCUT2D eigenvalue weighted by atomic mass is 10.2. The van der Waals surface area contributed by atoms with E-state index in [9.17, 15) is 4.79 Å². The Morgan fingerprint density at radius 3 is 2.81 bits per heavy atom. The van der Waals surface area contributed by atoms with Crippen molar-refractivity contribution in [2.24, 2.45) is 0 Å². The van der Waals surface area contributed by atoms with E-state index in [-0.39, 0.29) is 11.9 Å². The van der Waals surface area contributed by atoms with Gasteiger partial charge in [-0.3, -0.25) is 9.78 Å². The second-order valence-electron chi connectivity index (χ2n) is 5.15. The van der Waals surface area contributed by atoms with Gasteiger partial charge in [-0.25, -0.2) is 4.98 Å². The van der Waals surface area contributed by atoms with E-state index in [2.05, 4.69) is 27.5 Å². The summed E-state index contributed by atoms with van der Waals surface area (Å²) in [6.07, 6.45) is 3.20. The van der Waals surface area contributed by atoms with Crippen LogP contribution in [0.25, 0.3) is 11.0 Å². The Hall–Kier alpha value is -2.01. The van der Waals surface area contributed by atoms with Crippen LogP contribution >= 0.6 is 0 Å². The maximum atomic E-state index is 11.6. The summed E-state index contributed by atoms with van der Waals surface area (Å²) in [6, 6.07) is 8.03. The van der Waals surface area contributed by atoms with Gasteiger partial charge in [-0.1, -0.05) is 19.1 Å². The zero-order valence-corrected chi connectivity index (χ0v) is 12.6. The first-order valence-corrected chi connectivity index (χ1v) is 7.39. The number of rotatable bonds is 7. The average molecular weight is 286 g/mol. The molecule has 0 saturated carbocycles. The third kappa shape index (κ3) is 4.79. The normalized spacial score (nSPS) is 12.3. The van der Waals surface area contributed by atoms with E-state index in [1.54, 1.807) is 6.20 Å². The standard InChI is InChI=1S/C16H22N4O/c1-3-12(2)19-16(21)8-9-17-10-13-11-18-14-6-4-5-7-15(14)20-13/h4-7,11-12,17H,3,8-10H2,1-2H3,(H,19,21). The quantitative estimate of drug-likeness (QED) is 0.764. The number of amides is 1. The second kappa shape index (κ2) is 7.69. The summed E-state index contributed by atoms with van der Waals surface area (Å²) in [5, 5.41) is 6.17. The van der Waals surface area contributed by atoms with Crippen molar-refractivity contribution in [3.8, 4) is 0 Å². The number of nitrogens with one attached hydrogen (secondary N) is 2. The lowest BCUT2D eigenvalue weighted by Crippen LogP contribution is -2.33. The fourth-order valence-electron chi connectivity index (χ4n) is 1.95. The van der Waals surface area contributed by atoms with Gasteiger partial charge in [0.05, 0.1) is 22.9 Å². The minimum atomic E-state index is 0.0847. The molecule has 0 aliphatic heterocycles. The highest BCUT2D eigenvalue weighted by molar-refractivity contribution is 5.76. The van der Waals surface area contributed by atoms with Gasteiger partial charge in [0.15, 0.2) is 0 Å². The first kappa shape index (κ1) is 15.4. The molecule has 1 amide bonds. The molecule has 1 aromatic heterocycles. The summed E-state index contributed by atoms with van der Waals surface area (Å²) < 4.78 is 0. The number of nitrogens with zero attached hydrogens (tertiary/aromatic N) is 2. The first-order valence-electron chi connectivity index (χ1n) is 7.39. The van der Waals surface area contributed by atoms with Gasteiger partial charge in [-0.05, 0) is 25.5 Å². The third-order valence-electron chi connectivity index (χ3n) is 3.35. The molecule has 0 saturated heterocycles. The van der Waals surface area contributed by atoms with E-state index >= 15 is 0 Å². The predicted molar refractivity (Wildman–Crippen MR) is 83.8 cm³/mol. The Kier molecular flexibility index (Phi) is 5.63. The van der Waals surface area contributed by atoms with E-state index in [1.807, 2.05) is 31.2 Å². The van der Waals surface area contributed by atoms with Crippen LogP contribution in [0.1, 0.15) is 32.4 Å². The van der Waals surface area contributed by atoms with E-state index in [4.69, 9.17) is 0 Å². The number of aromatic nitrogens is 2. The zero-order valence-electron chi connectivity index (χ0n) is 12.6. The maximum absolute atomic E-state index is 11.6. The van der Waals surface area contributed by atoms with Gasteiger partial charge in [0.1, 0.15) is 0 Å². The van der Waals surface area contributed by atoms with Gasteiger partial charge in [-0.2, -0.15) is 0 Å². The number of carbonyl (C=O) groups is 1. The van der Waals surface area contributed by atoms with Crippen LogP contribution in [0.5, 0.6) is 0 Å². The highest BCUT2D eigenvalue weighted by Gasteiger charge is 2.05. The molecule has 0 spiro atoms. The summed E-state index contributed by atoms with van der Waals surface area (Å²) in [7, 11) is 0. The molecule has 0 aliphatic rings. The molecule has 21 heavy (non-hydrogen) atoms. The topological polar surface area (TPSA) is 66.9 Å². The van der Waals surface area contributed by atoms with Crippen LogP contribution in [0, 0.1) is 0 Å². The van der Waals surface area contributed by atoms with Crippen molar-refractivity contribution >= 4 is 16.9 Å². The fourth-order valence-corrected chi connectivity index (χ4v) is 1.95. The third-order valence-corrected chi connectivity index (χ3v) is 3.35. The molecule has 2 N–H and O–H groups in total.